The molecule has 0 aliphatic heterocycles. The van der Waals surface area contributed by atoms with Crippen molar-refractivity contribution in [2.75, 3.05) is 17.3 Å². The standard InChI is InChI=1S/C24H27AsS3/c1-4-26-22-16-10-7-13-19(22)25(20-14-8-11-17-23(20)27-5-2)21-15-9-12-18-24(21)28-6-3/h7-18H,4-6H2,1-3H3. The Kier molecular flexibility index (Phi) is 8.98. The van der Waals surface area contributed by atoms with Gasteiger partial charge in [-0.15, -0.1) is 0 Å². The Balaban J connectivity index is 2.25. The summed E-state index contributed by atoms with van der Waals surface area (Å²) in [7, 11) is 0. The third kappa shape index (κ3) is 5.24. The summed E-state index contributed by atoms with van der Waals surface area (Å²) in [6.45, 7) is 6.75. The summed E-state index contributed by atoms with van der Waals surface area (Å²) in [6.07, 6.45) is 0. The molecule has 146 valence electrons. The summed E-state index contributed by atoms with van der Waals surface area (Å²) in [6, 6.07) is 27.3. The molecule has 0 unspecified atom stereocenters. The van der Waals surface area contributed by atoms with Gasteiger partial charge in [0.2, 0.25) is 0 Å². The van der Waals surface area contributed by atoms with Gasteiger partial charge in [0.15, 0.2) is 0 Å². The molecule has 0 aromatic heterocycles. The number of hydrogen-bond donors (Lipinski definition) is 0. The average Bonchev–Trinajstić information content (AvgIpc) is 2.72. The number of rotatable bonds is 9. The maximum atomic E-state index is 2.39. The minimum absolute atomic E-state index is 1.11. The van der Waals surface area contributed by atoms with Crippen molar-refractivity contribution in [3.05, 3.63) is 72.8 Å². The topological polar surface area (TPSA) is 0 Å². The van der Waals surface area contributed by atoms with Gasteiger partial charge in [-0.2, -0.15) is 0 Å². The number of hydrogen-bond acceptors (Lipinski definition) is 3. The fourth-order valence-electron chi connectivity index (χ4n) is 3.15. The second kappa shape index (κ2) is 11.5. The van der Waals surface area contributed by atoms with Crippen LogP contribution in [0.25, 0.3) is 0 Å². The van der Waals surface area contributed by atoms with Crippen molar-refractivity contribution >= 4 is 63.0 Å². The molecule has 0 bridgehead atoms. The van der Waals surface area contributed by atoms with Crippen molar-refractivity contribution in [1.29, 1.82) is 0 Å². The molecule has 0 heterocycles. The van der Waals surface area contributed by atoms with Crippen molar-refractivity contribution in [1.82, 2.24) is 0 Å². The Morgan fingerprint density at radius 1 is 0.500 bits per heavy atom. The van der Waals surface area contributed by atoms with E-state index in [1.165, 1.54) is 14.7 Å². The summed E-state index contributed by atoms with van der Waals surface area (Å²) in [5.41, 5.74) is 0. The molecule has 0 atom stereocenters. The summed E-state index contributed by atoms with van der Waals surface area (Å²) < 4.78 is 4.69. The molecule has 3 aromatic rings. The molecule has 0 fully saturated rings. The molecule has 28 heavy (non-hydrogen) atoms. The average molecular weight is 487 g/mol. The molecule has 0 nitrogen and oxygen atoms in total. The van der Waals surface area contributed by atoms with E-state index in [0.717, 1.165) is 17.3 Å². The van der Waals surface area contributed by atoms with E-state index in [9.17, 15) is 0 Å². The van der Waals surface area contributed by atoms with Gasteiger partial charge >= 0.3 is 189 Å². The molecule has 0 spiro atoms. The van der Waals surface area contributed by atoms with Crippen LogP contribution < -0.4 is 13.1 Å². The predicted octanol–water partition coefficient (Wildman–Crippen LogP) is 5.54. The first-order valence-electron chi connectivity index (χ1n) is 9.75. The fraction of sp³-hybridized carbons (Fsp3) is 0.250. The Labute approximate surface area is 187 Å². The first-order chi connectivity index (χ1) is 13.8. The Morgan fingerprint density at radius 3 is 1.07 bits per heavy atom. The van der Waals surface area contributed by atoms with Crippen molar-refractivity contribution in [3.63, 3.8) is 0 Å². The molecule has 0 amide bonds. The molecule has 0 radical (unpaired) electrons. The monoisotopic (exact) mass is 486 g/mol. The summed E-state index contributed by atoms with van der Waals surface area (Å²) in [5, 5.41) is 0. The van der Waals surface area contributed by atoms with Crippen molar-refractivity contribution in [2.24, 2.45) is 0 Å². The van der Waals surface area contributed by atoms with Gasteiger partial charge < -0.3 is 0 Å². The van der Waals surface area contributed by atoms with Crippen LogP contribution in [0.3, 0.4) is 0 Å². The van der Waals surface area contributed by atoms with Gasteiger partial charge in [0, 0.05) is 0 Å². The zero-order valence-corrected chi connectivity index (χ0v) is 21.0. The normalized spacial score (nSPS) is 11.1. The Hall–Kier alpha value is -0.732. The quantitative estimate of drug-likeness (QED) is 0.288. The van der Waals surface area contributed by atoms with Crippen molar-refractivity contribution in [3.8, 4) is 0 Å². The molecule has 4 heteroatoms. The molecule has 3 aromatic carbocycles. The molecule has 0 N–H and O–H groups in total. The third-order valence-corrected chi connectivity index (χ3v) is 13.6. The third-order valence-electron chi connectivity index (χ3n) is 4.22. The van der Waals surface area contributed by atoms with Crippen LogP contribution in [0.2, 0.25) is 0 Å². The van der Waals surface area contributed by atoms with Gasteiger partial charge in [-0.3, -0.25) is 0 Å². The Morgan fingerprint density at radius 2 is 0.786 bits per heavy atom. The van der Waals surface area contributed by atoms with Crippen LogP contribution in [0, 0.1) is 0 Å². The van der Waals surface area contributed by atoms with Gasteiger partial charge in [-0.05, 0) is 0 Å². The van der Waals surface area contributed by atoms with Crippen LogP contribution in [-0.4, -0.2) is 31.9 Å². The minimum atomic E-state index is -1.68. The summed E-state index contributed by atoms with van der Waals surface area (Å²) in [5.74, 6) is 3.32. The zero-order chi connectivity index (χ0) is 19.8. The van der Waals surface area contributed by atoms with Crippen LogP contribution in [0.1, 0.15) is 20.8 Å². The van der Waals surface area contributed by atoms with Gasteiger partial charge in [0.05, 0.1) is 0 Å². The van der Waals surface area contributed by atoms with E-state index in [1.54, 1.807) is 13.1 Å². The first kappa shape index (κ1) is 22.0. The number of thioether (sulfide) groups is 3. The van der Waals surface area contributed by atoms with E-state index in [-0.39, 0.29) is 0 Å². The van der Waals surface area contributed by atoms with E-state index in [4.69, 9.17) is 0 Å². The van der Waals surface area contributed by atoms with E-state index in [2.05, 4.69) is 93.6 Å². The van der Waals surface area contributed by atoms with Gasteiger partial charge in [0.1, 0.15) is 0 Å². The van der Waals surface area contributed by atoms with Gasteiger partial charge in [0.25, 0.3) is 0 Å². The summed E-state index contributed by atoms with van der Waals surface area (Å²) >= 11 is 4.27. The van der Waals surface area contributed by atoms with Crippen molar-refractivity contribution < 1.29 is 0 Å². The molecular weight excluding hydrogens is 459 g/mol. The SMILES string of the molecule is CCSc1ccccc1[As](c1ccccc1SCC)c1ccccc1SCC. The molecule has 0 aliphatic rings. The second-order valence-corrected chi connectivity index (χ2v) is 14.4. The number of benzene rings is 3. The molecule has 3 rings (SSSR count). The van der Waals surface area contributed by atoms with Crippen LogP contribution in [0.5, 0.6) is 0 Å². The first-order valence-corrected chi connectivity index (χ1v) is 15.5. The Bertz CT molecular complexity index is 777. The maximum absolute atomic E-state index is 2.39. The second-order valence-electron chi connectivity index (χ2n) is 6.04. The molecular formula is C24H27AsS3. The van der Waals surface area contributed by atoms with Crippen LogP contribution in [0.15, 0.2) is 87.5 Å². The van der Waals surface area contributed by atoms with Crippen LogP contribution >= 0.6 is 35.3 Å². The fourth-order valence-corrected chi connectivity index (χ4v) is 12.9. The summed E-state index contributed by atoms with van der Waals surface area (Å²) in [4.78, 5) is 4.37. The van der Waals surface area contributed by atoms with Crippen molar-refractivity contribution in [2.45, 2.75) is 35.5 Å². The van der Waals surface area contributed by atoms with Crippen LogP contribution in [-0.2, 0) is 0 Å². The van der Waals surface area contributed by atoms with E-state index >= 15 is 0 Å². The zero-order valence-electron chi connectivity index (χ0n) is 16.7. The van der Waals surface area contributed by atoms with E-state index in [1.807, 2.05) is 35.3 Å². The van der Waals surface area contributed by atoms with Gasteiger partial charge in [-0.25, -0.2) is 0 Å². The molecule has 0 saturated heterocycles. The van der Waals surface area contributed by atoms with Gasteiger partial charge in [-0.1, -0.05) is 0 Å². The van der Waals surface area contributed by atoms with Crippen LogP contribution in [0.4, 0.5) is 0 Å². The van der Waals surface area contributed by atoms with E-state index in [0.29, 0.717) is 0 Å². The van der Waals surface area contributed by atoms with E-state index < -0.39 is 14.7 Å². The predicted molar refractivity (Wildman–Crippen MR) is 133 cm³/mol. The molecule has 0 aliphatic carbocycles. The molecule has 0 saturated carbocycles.